The molecule has 4 aliphatic carbocycles. The van der Waals surface area contributed by atoms with Crippen LogP contribution in [0.3, 0.4) is 0 Å². The van der Waals surface area contributed by atoms with Crippen molar-refractivity contribution in [3.63, 3.8) is 0 Å². The Bertz CT molecular complexity index is 634. The Balaban J connectivity index is 1.46. The molecule has 4 saturated carbocycles. The van der Waals surface area contributed by atoms with Gasteiger partial charge in [-0.3, -0.25) is 4.79 Å². The Morgan fingerprint density at radius 1 is 1.12 bits per heavy atom. The van der Waals surface area contributed by atoms with Crippen LogP contribution in [0.1, 0.15) is 38.5 Å². The van der Waals surface area contributed by atoms with Crippen LogP contribution in [0.25, 0.3) is 0 Å². The van der Waals surface area contributed by atoms with Crippen molar-refractivity contribution in [1.82, 2.24) is 0 Å². The van der Waals surface area contributed by atoms with E-state index in [1.54, 1.807) is 18.2 Å². The average molecular weight is 329 g/mol. The van der Waals surface area contributed by atoms with Gasteiger partial charge in [-0.05, 0) is 68.4 Å². The van der Waals surface area contributed by atoms with Gasteiger partial charge in [0.1, 0.15) is 5.75 Å². The number of carboxylic acids is 1. The Hall–Kier alpha value is -2.04. The van der Waals surface area contributed by atoms with E-state index in [0.29, 0.717) is 11.4 Å². The number of hydrogen-bond donors (Lipinski definition) is 2. The first kappa shape index (κ1) is 15.5. The molecule has 2 N–H and O–H groups in total. The maximum atomic E-state index is 13.0. The zero-order valence-electron chi connectivity index (χ0n) is 13.7. The van der Waals surface area contributed by atoms with Crippen LogP contribution in [0, 0.1) is 23.2 Å². The quantitative estimate of drug-likeness (QED) is 0.869. The van der Waals surface area contributed by atoms with Gasteiger partial charge in [-0.1, -0.05) is 6.07 Å². The molecule has 0 saturated heterocycles. The smallest absolute Gasteiger partial charge is 0.341 e. The van der Waals surface area contributed by atoms with Crippen molar-refractivity contribution in [2.75, 3.05) is 11.9 Å². The maximum absolute atomic E-state index is 13.0. The van der Waals surface area contributed by atoms with E-state index in [4.69, 9.17) is 9.84 Å². The van der Waals surface area contributed by atoms with E-state index < -0.39 is 5.97 Å². The number of benzene rings is 1. The van der Waals surface area contributed by atoms with E-state index in [9.17, 15) is 9.59 Å². The zero-order chi connectivity index (χ0) is 16.7. The summed E-state index contributed by atoms with van der Waals surface area (Å²) < 4.78 is 5.19. The molecule has 0 radical (unpaired) electrons. The molecular weight excluding hydrogens is 306 g/mol. The molecule has 0 unspecified atom stereocenters. The topological polar surface area (TPSA) is 75.6 Å². The molecule has 0 aliphatic heterocycles. The minimum Gasteiger partial charge on any atom is -0.482 e. The lowest BCUT2D eigenvalue weighted by Gasteiger charge is -2.55. The molecule has 0 heterocycles. The number of carbonyl (C=O) groups excluding carboxylic acids is 1. The second kappa shape index (κ2) is 5.80. The zero-order valence-corrected chi connectivity index (χ0v) is 13.7. The number of amides is 1. The Kier molecular flexibility index (Phi) is 3.74. The van der Waals surface area contributed by atoms with Gasteiger partial charge in [0.2, 0.25) is 5.91 Å². The van der Waals surface area contributed by atoms with Crippen molar-refractivity contribution in [1.29, 1.82) is 0 Å². The first-order valence-electron chi connectivity index (χ1n) is 8.78. The molecule has 5 nitrogen and oxygen atoms in total. The summed E-state index contributed by atoms with van der Waals surface area (Å²) in [6, 6.07) is 6.99. The van der Waals surface area contributed by atoms with Crippen LogP contribution in [0.15, 0.2) is 24.3 Å². The number of hydrogen-bond acceptors (Lipinski definition) is 3. The predicted molar refractivity (Wildman–Crippen MR) is 88.8 cm³/mol. The number of carbonyl (C=O) groups is 2. The summed E-state index contributed by atoms with van der Waals surface area (Å²) in [6.45, 7) is -0.383. The van der Waals surface area contributed by atoms with Gasteiger partial charge in [0, 0.05) is 11.8 Å². The fourth-order valence-electron chi connectivity index (χ4n) is 5.46. The monoisotopic (exact) mass is 329 g/mol. The summed E-state index contributed by atoms with van der Waals surface area (Å²) in [7, 11) is 0. The highest BCUT2D eigenvalue weighted by atomic mass is 16.5. The van der Waals surface area contributed by atoms with Crippen LogP contribution in [-0.4, -0.2) is 23.6 Å². The van der Waals surface area contributed by atoms with Gasteiger partial charge < -0.3 is 15.2 Å². The molecule has 4 aliphatic rings. The molecule has 0 spiro atoms. The van der Waals surface area contributed by atoms with E-state index in [-0.39, 0.29) is 17.9 Å². The molecule has 1 aromatic carbocycles. The third-order valence-corrected chi connectivity index (χ3v) is 5.97. The van der Waals surface area contributed by atoms with Crippen LogP contribution in [0.2, 0.25) is 0 Å². The Morgan fingerprint density at radius 2 is 1.75 bits per heavy atom. The van der Waals surface area contributed by atoms with Crippen LogP contribution in [-0.2, 0) is 9.59 Å². The Labute approximate surface area is 141 Å². The lowest BCUT2D eigenvalue weighted by atomic mass is 9.49. The average Bonchev–Trinajstić information content (AvgIpc) is 2.52. The van der Waals surface area contributed by atoms with Gasteiger partial charge in [-0.2, -0.15) is 0 Å². The number of ether oxygens (including phenoxy) is 1. The third-order valence-electron chi connectivity index (χ3n) is 5.97. The molecule has 1 aromatic rings. The van der Waals surface area contributed by atoms with E-state index in [1.165, 1.54) is 19.3 Å². The van der Waals surface area contributed by atoms with E-state index in [2.05, 4.69) is 5.32 Å². The number of carboxylic acid groups (broad SMARTS) is 1. The summed E-state index contributed by atoms with van der Waals surface area (Å²) in [6.07, 6.45) is 7.02. The van der Waals surface area contributed by atoms with Crippen molar-refractivity contribution < 1.29 is 19.4 Å². The van der Waals surface area contributed by atoms with Crippen LogP contribution in [0.5, 0.6) is 5.75 Å². The molecule has 0 atom stereocenters. The van der Waals surface area contributed by atoms with Crippen molar-refractivity contribution in [2.45, 2.75) is 38.5 Å². The van der Waals surface area contributed by atoms with Gasteiger partial charge in [-0.15, -0.1) is 0 Å². The molecule has 4 bridgehead atoms. The van der Waals surface area contributed by atoms with Gasteiger partial charge in [0.05, 0.1) is 5.41 Å². The van der Waals surface area contributed by atoms with Gasteiger partial charge in [0.15, 0.2) is 6.61 Å². The normalized spacial score (nSPS) is 33.2. The van der Waals surface area contributed by atoms with Crippen molar-refractivity contribution >= 4 is 17.6 Å². The van der Waals surface area contributed by atoms with Crippen LogP contribution < -0.4 is 10.1 Å². The largest absolute Gasteiger partial charge is 0.482 e. The summed E-state index contributed by atoms with van der Waals surface area (Å²) in [5.41, 5.74) is 0.491. The molecule has 24 heavy (non-hydrogen) atoms. The highest BCUT2D eigenvalue weighted by Crippen LogP contribution is 2.60. The van der Waals surface area contributed by atoms with E-state index in [1.807, 2.05) is 6.07 Å². The highest BCUT2D eigenvalue weighted by molar-refractivity contribution is 5.95. The number of nitrogens with one attached hydrogen (secondary N) is 1. The minimum absolute atomic E-state index is 0.136. The van der Waals surface area contributed by atoms with Crippen LogP contribution >= 0.6 is 0 Å². The number of anilines is 1. The summed E-state index contributed by atoms with van der Waals surface area (Å²) in [5, 5.41) is 11.8. The van der Waals surface area contributed by atoms with Crippen molar-refractivity contribution in [2.24, 2.45) is 23.2 Å². The van der Waals surface area contributed by atoms with Crippen molar-refractivity contribution in [3.8, 4) is 5.75 Å². The predicted octanol–water partition coefficient (Wildman–Crippen LogP) is 3.30. The molecule has 5 rings (SSSR count). The fourth-order valence-corrected chi connectivity index (χ4v) is 5.46. The first-order chi connectivity index (χ1) is 11.5. The van der Waals surface area contributed by atoms with Gasteiger partial charge >= 0.3 is 5.97 Å². The standard InChI is InChI=1S/C19H23NO4/c21-17(22)11-24-16-3-1-2-15(7-16)20-18(23)19-8-12-4-13(9-19)6-14(5-12)10-19/h1-3,7,12-14H,4-6,8-11H2,(H,20,23)(H,21,22). The maximum Gasteiger partial charge on any atom is 0.341 e. The fraction of sp³-hybridized carbons (Fsp3) is 0.579. The van der Waals surface area contributed by atoms with E-state index >= 15 is 0 Å². The summed E-state index contributed by atoms with van der Waals surface area (Å²) in [4.78, 5) is 23.6. The minimum atomic E-state index is -1.02. The molecular formula is C19H23NO4. The Morgan fingerprint density at radius 3 is 2.33 bits per heavy atom. The van der Waals surface area contributed by atoms with Gasteiger partial charge in [0.25, 0.3) is 0 Å². The molecule has 0 aromatic heterocycles. The third kappa shape index (κ3) is 2.87. The summed E-state index contributed by atoms with van der Waals surface area (Å²) in [5.74, 6) is 1.77. The lowest BCUT2D eigenvalue weighted by molar-refractivity contribution is -0.140. The molecule has 4 fully saturated rings. The highest BCUT2D eigenvalue weighted by Gasteiger charge is 2.54. The SMILES string of the molecule is O=C(O)COc1cccc(NC(=O)C23CC4CC(CC(C4)C2)C3)c1. The summed E-state index contributed by atoms with van der Waals surface area (Å²) >= 11 is 0. The molecule has 128 valence electrons. The number of aliphatic carboxylic acids is 1. The molecule has 5 heteroatoms. The first-order valence-corrected chi connectivity index (χ1v) is 8.78. The lowest BCUT2D eigenvalue weighted by Crippen LogP contribution is -2.51. The number of rotatable bonds is 5. The second-order valence-corrected chi connectivity index (χ2v) is 7.86. The molecule has 1 amide bonds. The van der Waals surface area contributed by atoms with Crippen LogP contribution in [0.4, 0.5) is 5.69 Å². The van der Waals surface area contributed by atoms with Crippen molar-refractivity contribution in [3.05, 3.63) is 24.3 Å². The van der Waals surface area contributed by atoms with E-state index in [0.717, 1.165) is 37.0 Å². The van der Waals surface area contributed by atoms with Gasteiger partial charge in [-0.25, -0.2) is 4.79 Å². The second-order valence-electron chi connectivity index (χ2n) is 7.86.